The predicted octanol–water partition coefficient (Wildman–Crippen LogP) is 3.48. The summed E-state index contributed by atoms with van der Waals surface area (Å²) in [5.41, 5.74) is 7.16. The van der Waals surface area contributed by atoms with Gasteiger partial charge in [-0.2, -0.15) is 0 Å². The number of aromatic nitrogens is 1. The number of nitrogen functional groups attached to an aromatic ring is 1. The van der Waals surface area contributed by atoms with Crippen molar-refractivity contribution >= 4 is 16.7 Å². The molecule has 0 spiro atoms. The number of nitrogens with zero attached hydrogens (tertiary/aromatic N) is 1. The molecule has 0 atom stereocenters. The number of ether oxygens (including phenoxy) is 1. The summed E-state index contributed by atoms with van der Waals surface area (Å²) in [6.45, 7) is 2.29. The molecular formula is C17H21N3O. The predicted molar refractivity (Wildman–Crippen MR) is 84.8 cm³/mol. The molecular weight excluding hydrogens is 262 g/mol. The van der Waals surface area contributed by atoms with E-state index in [9.17, 15) is 0 Å². The third-order valence-electron chi connectivity index (χ3n) is 4.26. The Labute approximate surface area is 124 Å². The van der Waals surface area contributed by atoms with Gasteiger partial charge in [0.25, 0.3) is 0 Å². The molecule has 4 nitrogen and oxygen atoms in total. The van der Waals surface area contributed by atoms with Gasteiger partial charge < -0.3 is 10.5 Å². The van der Waals surface area contributed by atoms with Crippen molar-refractivity contribution in [2.75, 3.05) is 0 Å². The van der Waals surface area contributed by atoms with E-state index in [4.69, 9.17) is 15.9 Å². The number of nitrogens with one attached hydrogen (secondary N) is 1. The fourth-order valence-electron chi connectivity index (χ4n) is 2.95. The van der Waals surface area contributed by atoms with Crippen LogP contribution in [0.15, 0.2) is 30.5 Å². The van der Waals surface area contributed by atoms with Gasteiger partial charge in [0.15, 0.2) is 0 Å². The largest absolute Gasteiger partial charge is 0.489 e. The van der Waals surface area contributed by atoms with Crippen LogP contribution in [0.25, 0.3) is 10.9 Å². The molecule has 0 aliphatic heterocycles. The zero-order valence-electron chi connectivity index (χ0n) is 12.3. The van der Waals surface area contributed by atoms with Gasteiger partial charge >= 0.3 is 0 Å². The van der Waals surface area contributed by atoms with E-state index in [2.05, 4.69) is 11.9 Å². The van der Waals surface area contributed by atoms with E-state index < -0.39 is 0 Å². The highest BCUT2D eigenvalue weighted by Gasteiger charge is 2.22. The molecule has 0 radical (unpaired) electrons. The van der Waals surface area contributed by atoms with Gasteiger partial charge in [-0.15, -0.1) is 0 Å². The van der Waals surface area contributed by atoms with Crippen LogP contribution in [0.2, 0.25) is 0 Å². The van der Waals surface area contributed by atoms with Crippen LogP contribution in [0, 0.1) is 11.3 Å². The quantitative estimate of drug-likeness (QED) is 0.669. The molecule has 0 bridgehead atoms. The standard InChI is InChI=1S/C17H21N3O/c1-11-6-8-12(9-7-11)21-16-13-4-2-3-5-15(13)20-10-14(16)17(18)19/h2-5,10-12H,6-9H2,1H3,(H3,18,19). The summed E-state index contributed by atoms with van der Waals surface area (Å²) < 4.78 is 6.25. The van der Waals surface area contributed by atoms with Crippen molar-refractivity contribution in [2.45, 2.75) is 38.7 Å². The monoisotopic (exact) mass is 283 g/mol. The highest BCUT2D eigenvalue weighted by atomic mass is 16.5. The maximum absolute atomic E-state index is 7.76. The summed E-state index contributed by atoms with van der Waals surface area (Å²) in [5, 5.41) is 8.69. The molecule has 3 rings (SSSR count). The normalized spacial score (nSPS) is 22.1. The van der Waals surface area contributed by atoms with Gasteiger partial charge in [0.1, 0.15) is 11.6 Å². The maximum atomic E-state index is 7.76. The van der Waals surface area contributed by atoms with E-state index in [1.807, 2.05) is 24.3 Å². The number of nitrogens with two attached hydrogens (primary N) is 1. The number of hydrogen-bond donors (Lipinski definition) is 2. The Morgan fingerprint density at radius 2 is 1.95 bits per heavy atom. The number of para-hydroxylation sites is 1. The zero-order chi connectivity index (χ0) is 14.8. The van der Waals surface area contributed by atoms with Crippen LogP contribution in [-0.4, -0.2) is 16.9 Å². The van der Waals surface area contributed by atoms with Crippen LogP contribution in [0.4, 0.5) is 0 Å². The van der Waals surface area contributed by atoms with Crippen molar-refractivity contribution in [3.8, 4) is 5.75 Å². The van der Waals surface area contributed by atoms with E-state index in [0.29, 0.717) is 11.3 Å². The number of amidine groups is 1. The minimum atomic E-state index is 0.00688. The van der Waals surface area contributed by atoms with E-state index in [-0.39, 0.29) is 11.9 Å². The molecule has 0 amide bonds. The van der Waals surface area contributed by atoms with Crippen LogP contribution in [0.5, 0.6) is 5.75 Å². The molecule has 1 aliphatic rings. The number of benzene rings is 1. The summed E-state index contributed by atoms with van der Waals surface area (Å²) in [7, 11) is 0. The average molecular weight is 283 g/mol. The van der Waals surface area contributed by atoms with Crippen LogP contribution in [0.1, 0.15) is 38.2 Å². The smallest absolute Gasteiger partial charge is 0.141 e. The number of pyridine rings is 1. The first-order valence-electron chi connectivity index (χ1n) is 7.54. The first-order chi connectivity index (χ1) is 10.1. The van der Waals surface area contributed by atoms with Crippen LogP contribution in [0.3, 0.4) is 0 Å². The molecule has 1 fully saturated rings. The topological polar surface area (TPSA) is 72.0 Å². The van der Waals surface area contributed by atoms with Crippen molar-refractivity contribution in [3.05, 3.63) is 36.0 Å². The molecule has 3 N–H and O–H groups in total. The Balaban J connectivity index is 1.98. The Bertz CT molecular complexity index is 660. The second kappa shape index (κ2) is 5.72. The summed E-state index contributed by atoms with van der Waals surface area (Å²) in [6, 6.07) is 7.85. The van der Waals surface area contributed by atoms with Gasteiger partial charge in [-0.05, 0) is 43.7 Å². The highest BCUT2D eigenvalue weighted by Crippen LogP contribution is 2.33. The van der Waals surface area contributed by atoms with Crippen molar-refractivity contribution in [3.63, 3.8) is 0 Å². The second-order valence-electron chi connectivity index (χ2n) is 5.93. The molecule has 110 valence electrons. The van der Waals surface area contributed by atoms with Crippen LogP contribution in [-0.2, 0) is 0 Å². The molecule has 1 aliphatic carbocycles. The van der Waals surface area contributed by atoms with Crippen molar-refractivity contribution in [1.82, 2.24) is 4.98 Å². The number of hydrogen-bond acceptors (Lipinski definition) is 3. The Morgan fingerprint density at radius 3 is 2.67 bits per heavy atom. The molecule has 1 heterocycles. The first kappa shape index (κ1) is 13.9. The van der Waals surface area contributed by atoms with Crippen molar-refractivity contribution in [2.24, 2.45) is 11.7 Å². The summed E-state index contributed by atoms with van der Waals surface area (Å²) >= 11 is 0. The fourth-order valence-corrected chi connectivity index (χ4v) is 2.95. The first-order valence-corrected chi connectivity index (χ1v) is 7.54. The third-order valence-corrected chi connectivity index (χ3v) is 4.26. The fraction of sp³-hybridized carbons (Fsp3) is 0.412. The van der Waals surface area contributed by atoms with Gasteiger partial charge in [0.2, 0.25) is 0 Å². The lowest BCUT2D eigenvalue weighted by Gasteiger charge is -2.28. The van der Waals surface area contributed by atoms with E-state index >= 15 is 0 Å². The van der Waals surface area contributed by atoms with E-state index in [0.717, 1.165) is 29.7 Å². The molecule has 21 heavy (non-hydrogen) atoms. The van der Waals surface area contributed by atoms with Crippen molar-refractivity contribution in [1.29, 1.82) is 5.41 Å². The third kappa shape index (κ3) is 2.84. The number of fused-ring (bicyclic) bond motifs is 1. The zero-order valence-corrected chi connectivity index (χ0v) is 12.3. The highest BCUT2D eigenvalue weighted by molar-refractivity contribution is 6.02. The molecule has 1 saturated carbocycles. The molecule has 4 heteroatoms. The Kier molecular flexibility index (Phi) is 3.78. The summed E-state index contributed by atoms with van der Waals surface area (Å²) in [6.07, 6.45) is 6.38. The lowest BCUT2D eigenvalue weighted by molar-refractivity contribution is 0.137. The van der Waals surface area contributed by atoms with Crippen LogP contribution < -0.4 is 10.5 Å². The number of rotatable bonds is 3. The Morgan fingerprint density at radius 1 is 1.24 bits per heavy atom. The molecule has 2 aromatic rings. The maximum Gasteiger partial charge on any atom is 0.141 e. The van der Waals surface area contributed by atoms with Gasteiger partial charge in [-0.25, -0.2) is 0 Å². The molecule has 1 aromatic carbocycles. The van der Waals surface area contributed by atoms with Gasteiger partial charge in [0.05, 0.1) is 17.2 Å². The van der Waals surface area contributed by atoms with E-state index in [1.165, 1.54) is 12.8 Å². The lowest BCUT2D eigenvalue weighted by atomic mass is 9.89. The summed E-state index contributed by atoms with van der Waals surface area (Å²) in [5.74, 6) is 1.51. The van der Waals surface area contributed by atoms with Gasteiger partial charge in [-0.3, -0.25) is 10.4 Å². The SMILES string of the molecule is CC1CCC(Oc2c(C(=N)N)cnc3ccccc23)CC1. The van der Waals surface area contributed by atoms with Gasteiger partial charge in [-0.1, -0.05) is 19.1 Å². The lowest BCUT2D eigenvalue weighted by Crippen LogP contribution is -2.25. The van der Waals surface area contributed by atoms with E-state index in [1.54, 1.807) is 6.20 Å². The second-order valence-corrected chi connectivity index (χ2v) is 5.93. The molecule has 1 aromatic heterocycles. The Hall–Kier alpha value is -2.10. The minimum absolute atomic E-state index is 0.00688. The molecule has 0 unspecified atom stereocenters. The summed E-state index contributed by atoms with van der Waals surface area (Å²) in [4.78, 5) is 4.37. The van der Waals surface area contributed by atoms with Crippen LogP contribution >= 0.6 is 0 Å². The van der Waals surface area contributed by atoms with Crippen molar-refractivity contribution < 1.29 is 4.74 Å². The molecule has 0 saturated heterocycles. The minimum Gasteiger partial charge on any atom is -0.489 e. The van der Waals surface area contributed by atoms with Gasteiger partial charge in [0, 0.05) is 11.6 Å². The average Bonchev–Trinajstić information content (AvgIpc) is 2.49.